The molecule has 3 N–H and O–H groups in total. The number of hydrogen-bond donors (Lipinski definition) is 2. The molecule has 4 nitrogen and oxygen atoms in total. The van der Waals surface area contributed by atoms with Gasteiger partial charge in [-0.2, -0.15) is 0 Å². The average Bonchev–Trinajstić information content (AvgIpc) is 2.63. The van der Waals surface area contributed by atoms with Gasteiger partial charge in [0.2, 0.25) is 0 Å². The van der Waals surface area contributed by atoms with Crippen LogP contribution in [0.4, 0.5) is 19.1 Å². The van der Waals surface area contributed by atoms with Crippen LogP contribution in [0.5, 0.6) is 5.75 Å². The Balaban J connectivity index is 2.41. The molecule has 0 unspecified atom stereocenters. The van der Waals surface area contributed by atoms with Crippen LogP contribution in [0.2, 0.25) is 0 Å². The summed E-state index contributed by atoms with van der Waals surface area (Å²) in [5.41, 5.74) is 5.97. The second-order valence-electron chi connectivity index (χ2n) is 3.23. The molecule has 90 valence electrons. The summed E-state index contributed by atoms with van der Waals surface area (Å²) in [6, 6.07) is 5.74. The lowest BCUT2D eigenvalue weighted by molar-refractivity contribution is -0.274. The number of anilines is 1. The number of imidazole rings is 1. The third-order valence-corrected chi connectivity index (χ3v) is 2.00. The number of alkyl halides is 3. The van der Waals surface area contributed by atoms with Crippen molar-refractivity contribution in [2.75, 3.05) is 5.73 Å². The molecule has 2 aromatic rings. The van der Waals surface area contributed by atoms with E-state index in [0.29, 0.717) is 5.69 Å². The highest BCUT2D eigenvalue weighted by Gasteiger charge is 2.32. The SMILES string of the molecule is Nc1ncc(-c2ccccc2OC(F)(F)F)[nH]1. The van der Waals surface area contributed by atoms with Gasteiger partial charge in [0, 0.05) is 5.56 Å². The van der Waals surface area contributed by atoms with Crippen molar-refractivity contribution in [3.8, 4) is 17.0 Å². The van der Waals surface area contributed by atoms with E-state index in [1.54, 1.807) is 6.07 Å². The van der Waals surface area contributed by atoms with Crippen LogP contribution in [0.1, 0.15) is 0 Å². The number of nitrogen functional groups attached to an aromatic ring is 1. The van der Waals surface area contributed by atoms with E-state index in [9.17, 15) is 13.2 Å². The molecule has 0 bridgehead atoms. The van der Waals surface area contributed by atoms with Gasteiger partial charge in [-0.3, -0.25) is 0 Å². The number of nitrogens with one attached hydrogen (secondary N) is 1. The second-order valence-corrected chi connectivity index (χ2v) is 3.23. The molecule has 0 saturated heterocycles. The first-order valence-electron chi connectivity index (χ1n) is 4.61. The van der Waals surface area contributed by atoms with Crippen molar-refractivity contribution < 1.29 is 17.9 Å². The highest BCUT2D eigenvalue weighted by atomic mass is 19.4. The number of hydrogen-bond acceptors (Lipinski definition) is 3. The Bertz CT molecular complexity index is 522. The van der Waals surface area contributed by atoms with E-state index in [4.69, 9.17) is 5.73 Å². The molecular weight excluding hydrogens is 235 g/mol. The van der Waals surface area contributed by atoms with Gasteiger partial charge in [-0.05, 0) is 12.1 Å². The van der Waals surface area contributed by atoms with Crippen LogP contribution >= 0.6 is 0 Å². The van der Waals surface area contributed by atoms with Crippen molar-refractivity contribution in [1.82, 2.24) is 9.97 Å². The lowest BCUT2D eigenvalue weighted by Crippen LogP contribution is -2.17. The van der Waals surface area contributed by atoms with Crippen molar-refractivity contribution >= 4 is 5.95 Å². The van der Waals surface area contributed by atoms with Crippen LogP contribution in [0.3, 0.4) is 0 Å². The molecule has 0 spiro atoms. The van der Waals surface area contributed by atoms with Gasteiger partial charge < -0.3 is 15.5 Å². The number of rotatable bonds is 2. The smallest absolute Gasteiger partial charge is 0.405 e. The number of ether oxygens (including phenoxy) is 1. The fraction of sp³-hybridized carbons (Fsp3) is 0.100. The maximum atomic E-state index is 12.2. The highest BCUT2D eigenvalue weighted by Crippen LogP contribution is 2.32. The van der Waals surface area contributed by atoms with E-state index < -0.39 is 6.36 Å². The molecule has 7 heteroatoms. The van der Waals surface area contributed by atoms with Crippen LogP contribution in [0.25, 0.3) is 11.3 Å². The minimum absolute atomic E-state index is 0.127. The quantitative estimate of drug-likeness (QED) is 0.851. The van der Waals surface area contributed by atoms with Gasteiger partial charge in [-0.1, -0.05) is 12.1 Å². The molecule has 0 amide bonds. The Kier molecular flexibility index (Phi) is 2.66. The first kappa shape index (κ1) is 11.3. The van der Waals surface area contributed by atoms with Crippen LogP contribution in [0, 0.1) is 0 Å². The maximum Gasteiger partial charge on any atom is 0.573 e. The third-order valence-electron chi connectivity index (χ3n) is 2.00. The molecule has 0 atom stereocenters. The summed E-state index contributed by atoms with van der Waals surface area (Å²) in [6.07, 6.45) is -3.39. The van der Waals surface area contributed by atoms with Crippen molar-refractivity contribution in [2.45, 2.75) is 6.36 Å². The van der Waals surface area contributed by atoms with E-state index in [-0.39, 0.29) is 17.3 Å². The van der Waals surface area contributed by atoms with E-state index in [1.165, 1.54) is 24.4 Å². The molecular formula is C10H8F3N3O. The molecule has 0 radical (unpaired) electrons. The molecule has 0 aliphatic heterocycles. The lowest BCUT2D eigenvalue weighted by atomic mass is 10.1. The first-order valence-corrected chi connectivity index (χ1v) is 4.61. The number of halogens is 3. The lowest BCUT2D eigenvalue weighted by Gasteiger charge is -2.11. The summed E-state index contributed by atoms with van der Waals surface area (Å²) in [5.74, 6) is -0.175. The maximum absolute atomic E-state index is 12.2. The number of aromatic nitrogens is 2. The van der Waals surface area contributed by atoms with Crippen molar-refractivity contribution in [2.24, 2.45) is 0 Å². The van der Waals surface area contributed by atoms with Gasteiger partial charge >= 0.3 is 6.36 Å². The van der Waals surface area contributed by atoms with Gasteiger partial charge in [0.25, 0.3) is 0 Å². The predicted molar refractivity (Wildman–Crippen MR) is 55.1 cm³/mol. The average molecular weight is 243 g/mol. The summed E-state index contributed by atoms with van der Waals surface area (Å²) < 4.78 is 40.4. The van der Waals surface area contributed by atoms with Crippen molar-refractivity contribution in [3.63, 3.8) is 0 Å². The normalized spacial score (nSPS) is 11.5. The summed E-state index contributed by atoms with van der Waals surface area (Å²) in [7, 11) is 0. The zero-order valence-corrected chi connectivity index (χ0v) is 8.45. The molecule has 1 aromatic carbocycles. The van der Waals surface area contributed by atoms with E-state index in [2.05, 4.69) is 14.7 Å². The van der Waals surface area contributed by atoms with Crippen molar-refractivity contribution in [1.29, 1.82) is 0 Å². The minimum Gasteiger partial charge on any atom is -0.405 e. The predicted octanol–water partition coefficient (Wildman–Crippen LogP) is 2.56. The zero-order chi connectivity index (χ0) is 12.5. The topological polar surface area (TPSA) is 63.9 Å². The van der Waals surface area contributed by atoms with Gasteiger partial charge in [-0.25, -0.2) is 4.98 Å². The number of aromatic amines is 1. The number of benzene rings is 1. The van der Waals surface area contributed by atoms with E-state index >= 15 is 0 Å². The highest BCUT2D eigenvalue weighted by molar-refractivity contribution is 5.67. The van der Waals surface area contributed by atoms with Crippen molar-refractivity contribution in [3.05, 3.63) is 30.5 Å². The molecule has 0 aliphatic carbocycles. The van der Waals surface area contributed by atoms with Crippen LogP contribution in [-0.4, -0.2) is 16.3 Å². The molecule has 0 saturated carbocycles. The summed E-state index contributed by atoms with van der Waals surface area (Å²) >= 11 is 0. The molecule has 1 heterocycles. The summed E-state index contributed by atoms with van der Waals surface area (Å²) in [4.78, 5) is 6.35. The van der Waals surface area contributed by atoms with Crippen LogP contribution in [0.15, 0.2) is 30.5 Å². The van der Waals surface area contributed by atoms with Crippen LogP contribution < -0.4 is 10.5 Å². The molecule has 0 fully saturated rings. The van der Waals surface area contributed by atoms with Gasteiger partial charge in [0.1, 0.15) is 5.75 Å². The molecule has 0 aliphatic rings. The minimum atomic E-state index is -4.73. The number of nitrogens with two attached hydrogens (primary N) is 1. The van der Waals surface area contributed by atoms with Crippen LogP contribution in [-0.2, 0) is 0 Å². The fourth-order valence-electron chi connectivity index (χ4n) is 1.38. The Morgan fingerprint density at radius 3 is 2.53 bits per heavy atom. The van der Waals surface area contributed by atoms with Gasteiger partial charge in [0.05, 0.1) is 11.9 Å². The monoisotopic (exact) mass is 243 g/mol. The number of para-hydroxylation sites is 1. The zero-order valence-electron chi connectivity index (χ0n) is 8.45. The summed E-state index contributed by atoms with van der Waals surface area (Å²) in [6.45, 7) is 0. The standard InChI is InChI=1S/C10H8F3N3O/c11-10(12,13)17-8-4-2-1-3-6(8)7-5-15-9(14)16-7/h1-5H,(H3,14,15,16). The fourth-order valence-corrected chi connectivity index (χ4v) is 1.38. The number of H-pyrrole nitrogens is 1. The van der Waals surface area contributed by atoms with E-state index in [1.807, 2.05) is 0 Å². The molecule has 2 rings (SSSR count). The van der Waals surface area contributed by atoms with E-state index in [0.717, 1.165) is 0 Å². The number of nitrogens with zero attached hydrogens (tertiary/aromatic N) is 1. The summed E-state index contributed by atoms with van der Waals surface area (Å²) in [5, 5.41) is 0. The molecule has 1 aromatic heterocycles. The second kappa shape index (κ2) is 4.00. The largest absolute Gasteiger partial charge is 0.573 e. The molecule has 17 heavy (non-hydrogen) atoms. The Labute approximate surface area is 94.2 Å². The van der Waals surface area contributed by atoms with Gasteiger partial charge in [0.15, 0.2) is 5.95 Å². The Hall–Kier alpha value is -2.18. The first-order chi connectivity index (χ1) is 7.96. The third kappa shape index (κ3) is 2.68. The Morgan fingerprint density at radius 2 is 1.94 bits per heavy atom. The van der Waals surface area contributed by atoms with Gasteiger partial charge in [-0.15, -0.1) is 13.2 Å². The Morgan fingerprint density at radius 1 is 1.24 bits per heavy atom.